The number of hydrogen-bond acceptors (Lipinski definition) is 8. The highest BCUT2D eigenvalue weighted by atomic mass is 32.1. The Hall–Kier alpha value is -4.09. The van der Waals surface area contributed by atoms with Crippen molar-refractivity contribution in [3.63, 3.8) is 0 Å². The first-order chi connectivity index (χ1) is 18.9. The lowest BCUT2D eigenvalue weighted by Crippen LogP contribution is -2.47. The lowest BCUT2D eigenvalue weighted by atomic mass is 9.95. The number of carbonyl (C=O) groups is 2. The van der Waals surface area contributed by atoms with Crippen molar-refractivity contribution >= 4 is 28.5 Å². The molecule has 11 heteroatoms. The molecule has 2 amide bonds. The maximum Gasteiger partial charge on any atom is 0.413 e. The zero-order valence-corrected chi connectivity index (χ0v) is 22.9. The highest BCUT2D eigenvalue weighted by Gasteiger charge is 2.31. The molecule has 4 heterocycles. The zero-order chi connectivity index (χ0) is 27.1. The molecular formula is C28H29N7O3S. The Morgan fingerprint density at radius 3 is 2.64 bits per heavy atom. The Bertz CT molecular complexity index is 1550. The number of fused-ring (bicyclic) bond motifs is 3. The van der Waals surface area contributed by atoms with Crippen molar-refractivity contribution in [2.24, 2.45) is 0 Å². The van der Waals surface area contributed by atoms with Crippen molar-refractivity contribution in [3.05, 3.63) is 65.1 Å². The summed E-state index contributed by atoms with van der Waals surface area (Å²) in [5.74, 6) is 0.0552. The van der Waals surface area contributed by atoms with Crippen LogP contribution in [0, 0.1) is 6.92 Å². The van der Waals surface area contributed by atoms with Gasteiger partial charge >= 0.3 is 6.09 Å². The molecule has 3 aromatic heterocycles. The number of likely N-dealkylation sites (N-methyl/N-ethyl adjacent to an activating group) is 1. The largest absolute Gasteiger partial charge is 0.453 e. The molecule has 1 aliphatic carbocycles. The number of rotatable bonds is 4. The van der Waals surface area contributed by atoms with Gasteiger partial charge in [0.15, 0.2) is 5.13 Å². The van der Waals surface area contributed by atoms with Gasteiger partial charge in [-0.1, -0.05) is 11.3 Å². The number of aromatic nitrogens is 4. The number of nitrogens with zero attached hydrogens (tertiary/aromatic N) is 6. The molecule has 0 radical (unpaired) electrons. The van der Waals surface area contributed by atoms with Crippen LogP contribution in [0.25, 0.3) is 27.5 Å². The van der Waals surface area contributed by atoms with Crippen LogP contribution < -0.4 is 5.32 Å². The van der Waals surface area contributed by atoms with E-state index in [0.29, 0.717) is 10.7 Å². The first-order valence-electron chi connectivity index (χ1n) is 12.9. The van der Waals surface area contributed by atoms with Crippen LogP contribution in [-0.4, -0.2) is 81.9 Å². The van der Waals surface area contributed by atoms with E-state index < -0.39 is 6.09 Å². The van der Waals surface area contributed by atoms with Crippen molar-refractivity contribution < 1.29 is 14.3 Å². The van der Waals surface area contributed by atoms with E-state index in [2.05, 4.69) is 27.2 Å². The maximum atomic E-state index is 13.2. The van der Waals surface area contributed by atoms with Crippen molar-refractivity contribution in [2.45, 2.75) is 19.8 Å². The van der Waals surface area contributed by atoms with Crippen LogP contribution in [0.3, 0.4) is 0 Å². The predicted octanol–water partition coefficient (Wildman–Crippen LogP) is 4.03. The van der Waals surface area contributed by atoms with Crippen molar-refractivity contribution in [1.82, 2.24) is 29.5 Å². The van der Waals surface area contributed by atoms with Gasteiger partial charge in [0.1, 0.15) is 0 Å². The summed E-state index contributed by atoms with van der Waals surface area (Å²) in [7, 11) is 3.41. The standard InChI is InChI=1S/C28H29N7O3S/c1-17-15-18(26(36)34-13-11-33(2)12-14-34)6-9-22(17)35-24-20(23(32-35)19-5-4-10-29-16-19)7-8-21-25(24)39-27(30-21)31-28(37)38-3/h4-6,9-10,15-16H,7-8,11-14H2,1-3H3,(H,30,31,37). The lowest BCUT2D eigenvalue weighted by Gasteiger charge is -2.32. The SMILES string of the molecule is COC(=O)Nc1nc2c(s1)-c1c(c(-c3cccnc3)nn1-c1ccc(C(=O)N3CCN(C)CC3)cc1C)CC2. The molecule has 4 aromatic rings. The summed E-state index contributed by atoms with van der Waals surface area (Å²) >= 11 is 1.41. The predicted molar refractivity (Wildman–Crippen MR) is 149 cm³/mol. The van der Waals surface area contributed by atoms with Crippen LogP contribution in [0.1, 0.15) is 27.2 Å². The van der Waals surface area contributed by atoms with E-state index in [4.69, 9.17) is 9.84 Å². The van der Waals surface area contributed by atoms with Gasteiger partial charge in [0.05, 0.1) is 34.8 Å². The maximum absolute atomic E-state index is 13.2. The first kappa shape index (κ1) is 25.2. The minimum Gasteiger partial charge on any atom is -0.453 e. The number of piperazine rings is 1. The average Bonchev–Trinajstić information content (AvgIpc) is 3.54. The van der Waals surface area contributed by atoms with E-state index in [1.54, 1.807) is 6.20 Å². The van der Waals surface area contributed by atoms with Gasteiger partial charge in [-0.2, -0.15) is 5.10 Å². The van der Waals surface area contributed by atoms with Gasteiger partial charge in [0.25, 0.3) is 5.91 Å². The summed E-state index contributed by atoms with van der Waals surface area (Å²) in [4.78, 5) is 39.2. The molecule has 2 aliphatic rings. The summed E-state index contributed by atoms with van der Waals surface area (Å²) < 4.78 is 6.72. The molecule has 6 rings (SSSR count). The normalized spacial score (nSPS) is 15.0. The second kappa shape index (κ2) is 10.2. The van der Waals surface area contributed by atoms with Gasteiger partial charge < -0.3 is 14.5 Å². The molecule has 1 fully saturated rings. The molecule has 39 heavy (non-hydrogen) atoms. The highest BCUT2D eigenvalue weighted by molar-refractivity contribution is 7.19. The Kier molecular flexibility index (Phi) is 6.61. The summed E-state index contributed by atoms with van der Waals surface area (Å²) in [6.45, 7) is 5.22. The number of pyridine rings is 1. The van der Waals surface area contributed by atoms with Crippen LogP contribution in [0.2, 0.25) is 0 Å². The molecule has 1 N–H and O–H groups in total. The van der Waals surface area contributed by atoms with Crippen LogP contribution in [-0.2, 0) is 17.6 Å². The highest BCUT2D eigenvalue weighted by Crippen LogP contribution is 2.44. The third-order valence-electron chi connectivity index (χ3n) is 7.30. The van der Waals surface area contributed by atoms with E-state index >= 15 is 0 Å². The van der Waals surface area contributed by atoms with E-state index in [0.717, 1.165) is 83.4 Å². The van der Waals surface area contributed by atoms with Gasteiger partial charge in [0.2, 0.25) is 0 Å². The Morgan fingerprint density at radius 1 is 1.10 bits per heavy atom. The summed E-state index contributed by atoms with van der Waals surface area (Å²) in [5, 5.41) is 8.28. The Labute approximate surface area is 230 Å². The molecule has 0 atom stereocenters. The van der Waals surface area contributed by atoms with Gasteiger partial charge in [-0.25, -0.2) is 14.5 Å². The first-order valence-corrected chi connectivity index (χ1v) is 13.7. The van der Waals surface area contributed by atoms with E-state index in [1.807, 2.05) is 53.0 Å². The smallest absolute Gasteiger partial charge is 0.413 e. The van der Waals surface area contributed by atoms with Crippen molar-refractivity contribution in [3.8, 4) is 27.5 Å². The molecule has 1 saturated heterocycles. The van der Waals surface area contributed by atoms with Crippen molar-refractivity contribution in [1.29, 1.82) is 0 Å². The van der Waals surface area contributed by atoms with E-state index in [9.17, 15) is 9.59 Å². The third-order valence-corrected chi connectivity index (χ3v) is 8.32. The third kappa shape index (κ3) is 4.68. The molecule has 10 nitrogen and oxygen atoms in total. The fraction of sp³-hybridized carbons (Fsp3) is 0.321. The number of benzene rings is 1. The number of aryl methyl sites for hydroxylation is 2. The summed E-state index contributed by atoms with van der Waals surface area (Å²) in [5.41, 5.74) is 7.30. The number of ether oxygens (including phenoxy) is 1. The van der Waals surface area contributed by atoms with Crippen LogP contribution in [0.4, 0.5) is 9.93 Å². The number of methoxy groups -OCH3 is 1. The number of carbonyl (C=O) groups excluding carboxylic acids is 2. The van der Waals surface area contributed by atoms with Gasteiger partial charge in [0, 0.05) is 55.3 Å². The fourth-order valence-corrected chi connectivity index (χ4v) is 6.24. The van der Waals surface area contributed by atoms with Gasteiger partial charge in [-0.15, -0.1) is 0 Å². The molecule has 200 valence electrons. The van der Waals surface area contributed by atoms with Crippen molar-refractivity contribution in [2.75, 3.05) is 45.7 Å². The number of anilines is 1. The molecule has 0 unspecified atom stereocenters. The molecule has 0 spiro atoms. The quantitative estimate of drug-likeness (QED) is 0.414. The van der Waals surface area contributed by atoms with Gasteiger partial charge in [-0.05, 0) is 62.7 Å². The molecule has 1 aromatic carbocycles. The monoisotopic (exact) mass is 543 g/mol. The number of hydrogen-bond donors (Lipinski definition) is 1. The van der Waals surface area contributed by atoms with Crippen LogP contribution in [0.5, 0.6) is 0 Å². The van der Waals surface area contributed by atoms with Crippen LogP contribution in [0.15, 0.2) is 42.7 Å². The number of thiazole rings is 1. The molecule has 0 bridgehead atoms. The molecule has 1 aliphatic heterocycles. The topological polar surface area (TPSA) is 105 Å². The minimum atomic E-state index is -0.553. The number of nitrogens with one attached hydrogen (secondary N) is 1. The van der Waals surface area contributed by atoms with Gasteiger partial charge in [-0.3, -0.25) is 15.1 Å². The Balaban J connectivity index is 1.43. The number of amides is 2. The van der Waals surface area contributed by atoms with Crippen LogP contribution >= 0.6 is 11.3 Å². The second-order valence-corrected chi connectivity index (χ2v) is 10.8. The Morgan fingerprint density at radius 2 is 1.92 bits per heavy atom. The lowest BCUT2D eigenvalue weighted by molar-refractivity contribution is 0.0664. The average molecular weight is 544 g/mol. The summed E-state index contributed by atoms with van der Waals surface area (Å²) in [6.07, 6.45) is 4.51. The van der Waals surface area contributed by atoms with E-state index in [-0.39, 0.29) is 5.91 Å². The zero-order valence-electron chi connectivity index (χ0n) is 22.1. The second-order valence-electron chi connectivity index (χ2n) is 9.84. The minimum absolute atomic E-state index is 0.0552. The fourth-order valence-electron chi connectivity index (χ4n) is 5.19. The van der Waals surface area contributed by atoms with E-state index in [1.165, 1.54) is 18.4 Å². The molecule has 0 saturated carbocycles. The summed E-state index contributed by atoms with van der Waals surface area (Å²) in [6, 6.07) is 9.74. The molecular weight excluding hydrogens is 514 g/mol.